The molecule has 0 radical (unpaired) electrons. The molecular weight excluding hydrogens is 518 g/mol. The Kier molecular flexibility index (Phi) is 8.10. The fourth-order valence-electron chi connectivity index (χ4n) is 4.54. The average molecular weight is 544 g/mol. The number of rotatable bonds is 8. The van der Waals surface area contributed by atoms with Crippen molar-refractivity contribution in [2.75, 3.05) is 7.11 Å². The van der Waals surface area contributed by atoms with Crippen LogP contribution in [0.3, 0.4) is 0 Å². The molecule has 0 aliphatic carbocycles. The molecule has 0 atom stereocenters. The Morgan fingerprint density at radius 1 is 0.900 bits per heavy atom. The number of methoxy groups -OCH3 is 1. The highest BCUT2D eigenvalue weighted by Crippen LogP contribution is 2.37. The van der Waals surface area contributed by atoms with Gasteiger partial charge in [0.1, 0.15) is 17.4 Å². The third-order valence-electron chi connectivity index (χ3n) is 6.51. The molecule has 0 spiro atoms. The molecule has 0 unspecified atom stereocenters. The third-order valence-corrected chi connectivity index (χ3v) is 6.76. The molecule has 0 fully saturated rings. The molecule has 1 heterocycles. The van der Waals surface area contributed by atoms with E-state index in [1.165, 1.54) is 0 Å². The van der Waals surface area contributed by atoms with Gasteiger partial charge in [0.15, 0.2) is 0 Å². The summed E-state index contributed by atoms with van der Waals surface area (Å²) in [6.07, 6.45) is 1.66. The van der Waals surface area contributed by atoms with E-state index in [1.54, 1.807) is 13.2 Å². The first-order valence-electron chi connectivity index (χ1n) is 12.7. The Morgan fingerprint density at radius 3 is 2.12 bits per heavy atom. The van der Waals surface area contributed by atoms with E-state index in [-0.39, 0.29) is 12.1 Å². The standard InChI is InChI=1S/C34H26ClN3O2/c1-40-31-18-12-24(13-19-31)23-37-34(39)28(22-36)20-27-21-32(25-8-4-2-5-9-25)38(30-16-14-29(35)15-17-30)33(27)26-10-6-3-7-11-26/h2-21H,23H2,1H3,(H,37,39)/b28-20+. The molecule has 0 saturated heterocycles. The summed E-state index contributed by atoms with van der Waals surface area (Å²) in [6.45, 7) is 0.286. The van der Waals surface area contributed by atoms with Gasteiger partial charge in [0.2, 0.25) is 0 Å². The van der Waals surface area contributed by atoms with Crippen LogP contribution in [0.4, 0.5) is 0 Å². The molecule has 0 saturated carbocycles. The molecule has 4 aromatic carbocycles. The number of carbonyl (C=O) groups excluding carboxylic acids is 1. The number of amides is 1. The van der Waals surface area contributed by atoms with Gasteiger partial charge in [0.05, 0.1) is 18.5 Å². The van der Waals surface area contributed by atoms with E-state index in [4.69, 9.17) is 16.3 Å². The highest BCUT2D eigenvalue weighted by molar-refractivity contribution is 6.30. The van der Waals surface area contributed by atoms with Crippen molar-refractivity contribution < 1.29 is 9.53 Å². The second kappa shape index (κ2) is 12.2. The minimum Gasteiger partial charge on any atom is -0.497 e. The van der Waals surface area contributed by atoms with E-state index in [1.807, 2.05) is 115 Å². The summed E-state index contributed by atoms with van der Waals surface area (Å²) < 4.78 is 7.33. The predicted molar refractivity (Wildman–Crippen MR) is 160 cm³/mol. The number of nitriles is 1. The topological polar surface area (TPSA) is 67.0 Å². The maximum absolute atomic E-state index is 13.1. The summed E-state index contributed by atoms with van der Waals surface area (Å²) >= 11 is 6.22. The summed E-state index contributed by atoms with van der Waals surface area (Å²) in [7, 11) is 1.61. The van der Waals surface area contributed by atoms with Crippen molar-refractivity contribution in [2.45, 2.75) is 6.54 Å². The summed E-state index contributed by atoms with van der Waals surface area (Å²) in [6, 6.07) is 39.1. The van der Waals surface area contributed by atoms with Crippen LogP contribution in [0.2, 0.25) is 5.02 Å². The molecule has 1 amide bonds. The second-order valence-electron chi connectivity index (χ2n) is 9.08. The van der Waals surface area contributed by atoms with Crippen LogP contribution in [-0.4, -0.2) is 17.6 Å². The maximum Gasteiger partial charge on any atom is 0.262 e. The Balaban J connectivity index is 1.61. The van der Waals surface area contributed by atoms with Crippen LogP contribution in [0.15, 0.2) is 121 Å². The van der Waals surface area contributed by atoms with Crippen molar-refractivity contribution in [2.24, 2.45) is 0 Å². The molecule has 0 bridgehead atoms. The van der Waals surface area contributed by atoms with E-state index in [9.17, 15) is 10.1 Å². The minimum atomic E-state index is -0.446. The number of nitrogens with one attached hydrogen (secondary N) is 1. The van der Waals surface area contributed by atoms with Crippen LogP contribution < -0.4 is 10.1 Å². The van der Waals surface area contributed by atoms with E-state index in [0.717, 1.165) is 45.1 Å². The molecule has 5 aromatic rings. The van der Waals surface area contributed by atoms with Crippen molar-refractivity contribution in [1.82, 2.24) is 9.88 Å². The average Bonchev–Trinajstić information content (AvgIpc) is 3.39. The second-order valence-corrected chi connectivity index (χ2v) is 9.51. The molecule has 1 aromatic heterocycles. The van der Waals surface area contributed by atoms with Crippen LogP contribution in [-0.2, 0) is 11.3 Å². The van der Waals surface area contributed by atoms with Gasteiger partial charge in [-0.2, -0.15) is 5.26 Å². The zero-order valence-electron chi connectivity index (χ0n) is 21.8. The quantitative estimate of drug-likeness (QED) is 0.161. The van der Waals surface area contributed by atoms with E-state index < -0.39 is 5.91 Å². The first-order valence-corrected chi connectivity index (χ1v) is 13.1. The number of nitrogens with zero attached hydrogens (tertiary/aromatic N) is 2. The molecule has 5 rings (SSSR count). The molecule has 40 heavy (non-hydrogen) atoms. The number of hydrogen-bond donors (Lipinski definition) is 1. The van der Waals surface area contributed by atoms with Crippen molar-refractivity contribution in [3.8, 4) is 40.0 Å². The lowest BCUT2D eigenvalue weighted by atomic mass is 10.0. The van der Waals surface area contributed by atoms with Crippen LogP contribution >= 0.6 is 11.6 Å². The predicted octanol–water partition coefficient (Wildman–Crippen LogP) is 7.70. The van der Waals surface area contributed by atoms with Gasteiger partial charge in [0.25, 0.3) is 5.91 Å². The Morgan fingerprint density at radius 2 is 1.52 bits per heavy atom. The fourth-order valence-corrected chi connectivity index (χ4v) is 4.66. The molecular formula is C34H26ClN3O2. The highest BCUT2D eigenvalue weighted by Gasteiger charge is 2.20. The number of hydrogen-bond acceptors (Lipinski definition) is 3. The zero-order valence-corrected chi connectivity index (χ0v) is 22.6. The maximum atomic E-state index is 13.1. The fraction of sp³-hybridized carbons (Fsp3) is 0.0588. The lowest BCUT2D eigenvalue weighted by Gasteiger charge is -2.15. The number of aromatic nitrogens is 1. The molecule has 5 nitrogen and oxygen atoms in total. The van der Waals surface area contributed by atoms with E-state index in [2.05, 4.69) is 16.0 Å². The summed E-state index contributed by atoms with van der Waals surface area (Å²) in [4.78, 5) is 13.1. The Hall–Kier alpha value is -5.05. The van der Waals surface area contributed by atoms with Gasteiger partial charge in [0, 0.05) is 22.8 Å². The van der Waals surface area contributed by atoms with Crippen molar-refractivity contribution in [1.29, 1.82) is 5.26 Å². The monoisotopic (exact) mass is 543 g/mol. The van der Waals surface area contributed by atoms with Gasteiger partial charge >= 0.3 is 0 Å². The van der Waals surface area contributed by atoms with Gasteiger partial charge in [-0.3, -0.25) is 4.79 Å². The SMILES string of the molecule is COc1ccc(CNC(=O)/C(C#N)=C/c2cc(-c3ccccc3)n(-c3ccc(Cl)cc3)c2-c2ccccc2)cc1. The van der Waals surface area contributed by atoms with Crippen molar-refractivity contribution in [3.05, 3.63) is 137 Å². The van der Waals surface area contributed by atoms with Gasteiger partial charge in [-0.15, -0.1) is 0 Å². The summed E-state index contributed by atoms with van der Waals surface area (Å²) in [5.41, 5.74) is 6.29. The minimum absolute atomic E-state index is 0.0126. The molecule has 6 heteroatoms. The van der Waals surface area contributed by atoms with E-state index in [0.29, 0.717) is 5.02 Å². The van der Waals surface area contributed by atoms with Crippen molar-refractivity contribution >= 4 is 23.6 Å². The molecule has 1 N–H and O–H groups in total. The molecule has 0 aliphatic heterocycles. The first-order chi connectivity index (χ1) is 19.6. The smallest absolute Gasteiger partial charge is 0.262 e. The van der Waals surface area contributed by atoms with Gasteiger partial charge < -0.3 is 14.6 Å². The number of halogens is 1. The van der Waals surface area contributed by atoms with Gasteiger partial charge in [-0.05, 0) is 65.2 Å². The highest BCUT2D eigenvalue weighted by atomic mass is 35.5. The van der Waals surface area contributed by atoms with Crippen molar-refractivity contribution in [3.63, 3.8) is 0 Å². The first kappa shape index (κ1) is 26.6. The van der Waals surface area contributed by atoms with Crippen LogP contribution in [0.5, 0.6) is 5.75 Å². The lowest BCUT2D eigenvalue weighted by Crippen LogP contribution is -2.23. The number of benzene rings is 4. The third kappa shape index (κ3) is 5.83. The van der Waals surface area contributed by atoms with E-state index >= 15 is 0 Å². The van der Waals surface area contributed by atoms with Crippen LogP contribution in [0, 0.1) is 11.3 Å². The van der Waals surface area contributed by atoms with Crippen LogP contribution in [0.25, 0.3) is 34.3 Å². The number of ether oxygens (including phenoxy) is 1. The number of carbonyl (C=O) groups is 1. The largest absolute Gasteiger partial charge is 0.497 e. The molecule has 0 aliphatic rings. The summed E-state index contributed by atoms with van der Waals surface area (Å²) in [5.74, 6) is 0.290. The summed E-state index contributed by atoms with van der Waals surface area (Å²) in [5, 5.41) is 13.5. The van der Waals surface area contributed by atoms with Gasteiger partial charge in [-0.1, -0.05) is 84.4 Å². The Bertz CT molecular complexity index is 1680. The zero-order chi connectivity index (χ0) is 27.9. The Labute approximate surface area is 238 Å². The normalized spacial score (nSPS) is 11.1. The lowest BCUT2D eigenvalue weighted by molar-refractivity contribution is -0.117. The van der Waals surface area contributed by atoms with Gasteiger partial charge in [-0.25, -0.2) is 0 Å². The van der Waals surface area contributed by atoms with Crippen LogP contribution in [0.1, 0.15) is 11.1 Å². The molecule has 196 valence electrons.